The highest BCUT2D eigenvalue weighted by Crippen LogP contribution is 2.20. The Bertz CT molecular complexity index is 501. The maximum Gasteiger partial charge on any atom is 0.317 e. The van der Waals surface area contributed by atoms with E-state index in [2.05, 4.69) is 17.3 Å². The molecule has 1 atom stereocenters. The molecule has 128 valence electrons. The number of nitrogens with one attached hydrogen (secondary N) is 1. The van der Waals surface area contributed by atoms with E-state index in [9.17, 15) is 9.90 Å². The molecule has 7 heteroatoms. The van der Waals surface area contributed by atoms with Crippen LogP contribution in [0.25, 0.3) is 0 Å². The molecule has 23 heavy (non-hydrogen) atoms. The van der Waals surface area contributed by atoms with Gasteiger partial charge in [0.2, 0.25) is 0 Å². The molecule has 0 spiro atoms. The lowest BCUT2D eigenvalue weighted by Crippen LogP contribution is -2.47. The van der Waals surface area contributed by atoms with Crippen molar-refractivity contribution in [2.75, 3.05) is 45.6 Å². The van der Waals surface area contributed by atoms with Crippen molar-refractivity contribution in [3.05, 3.63) is 29.3 Å². The van der Waals surface area contributed by atoms with Gasteiger partial charge < -0.3 is 20.2 Å². The summed E-state index contributed by atoms with van der Waals surface area (Å²) in [4.78, 5) is 17.4. The normalized spacial score (nSPS) is 18.1. The molecule has 1 aliphatic rings. The molecule has 1 aromatic carbocycles. The number of likely N-dealkylation sites (N-methyl/N-ethyl adjacent to an activating group) is 1. The third kappa shape index (κ3) is 6.22. The standard InChI is InChI=1S/C16H24ClN3O2S/c1-19-7-6-14(12-19)18-16(22)20(8-10-21)9-11-23-15-4-2-13(17)3-5-15/h2-5,14,21H,6-12H2,1H3,(H,18,22). The number of nitrogens with zero attached hydrogens (tertiary/aromatic N) is 2. The van der Waals surface area contributed by atoms with Crippen molar-refractivity contribution in [3.63, 3.8) is 0 Å². The SMILES string of the molecule is CN1CCC(NC(=O)N(CCO)CCSc2ccc(Cl)cc2)C1. The lowest BCUT2D eigenvalue weighted by atomic mass is 10.3. The number of aliphatic hydroxyl groups excluding tert-OH is 1. The monoisotopic (exact) mass is 357 g/mol. The van der Waals surface area contributed by atoms with Crippen molar-refractivity contribution < 1.29 is 9.90 Å². The summed E-state index contributed by atoms with van der Waals surface area (Å²) in [5, 5.41) is 13.0. The molecule has 2 N–H and O–H groups in total. The molecule has 1 aliphatic heterocycles. The molecule has 2 rings (SSSR count). The van der Waals surface area contributed by atoms with Gasteiger partial charge in [0.05, 0.1) is 6.61 Å². The van der Waals surface area contributed by atoms with Gasteiger partial charge in [-0.1, -0.05) is 11.6 Å². The number of thioether (sulfide) groups is 1. The van der Waals surface area contributed by atoms with E-state index >= 15 is 0 Å². The Balaban J connectivity index is 1.78. The second kappa shape index (κ2) is 9.37. The van der Waals surface area contributed by atoms with Gasteiger partial charge in [0.25, 0.3) is 0 Å². The smallest absolute Gasteiger partial charge is 0.317 e. The molecule has 0 aliphatic carbocycles. The summed E-state index contributed by atoms with van der Waals surface area (Å²) >= 11 is 7.54. The fourth-order valence-corrected chi connectivity index (χ4v) is 3.56. The highest BCUT2D eigenvalue weighted by Gasteiger charge is 2.23. The number of aliphatic hydroxyl groups is 1. The lowest BCUT2D eigenvalue weighted by Gasteiger charge is -2.24. The van der Waals surface area contributed by atoms with Crippen LogP contribution in [0.5, 0.6) is 0 Å². The zero-order chi connectivity index (χ0) is 16.7. The minimum atomic E-state index is -0.0870. The Morgan fingerprint density at radius 2 is 2.17 bits per heavy atom. The van der Waals surface area contributed by atoms with Gasteiger partial charge in [-0.15, -0.1) is 11.8 Å². The second-order valence-corrected chi connectivity index (χ2v) is 7.32. The molecule has 1 heterocycles. The van der Waals surface area contributed by atoms with E-state index in [1.165, 1.54) is 0 Å². The summed E-state index contributed by atoms with van der Waals surface area (Å²) in [5.74, 6) is 0.777. The van der Waals surface area contributed by atoms with E-state index in [0.717, 1.165) is 35.2 Å². The summed E-state index contributed by atoms with van der Waals surface area (Å²) in [7, 11) is 2.06. The molecule has 2 amide bonds. The molecule has 1 aromatic rings. The average molecular weight is 358 g/mol. The van der Waals surface area contributed by atoms with Crippen LogP contribution in [0.1, 0.15) is 6.42 Å². The van der Waals surface area contributed by atoms with Crippen LogP contribution in [-0.4, -0.2) is 72.6 Å². The van der Waals surface area contributed by atoms with Crippen LogP contribution in [0.15, 0.2) is 29.2 Å². The molecular formula is C16H24ClN3O2S. The Hall–Kier alpha value is -0.950. The van der Waals surface area contributed by atoms with Crippen molar-refractivity contribution >= 4 is 29.4 Å². The number of halogens is 1. The number of rotatable bonds is 7. The minimum Gasteiger partial charge on any atom is -0.395 e. The Kier molecular flexibility index (Phi) is 7.49. The van der Waals surface area contributed by atoms with Crippen LogP contribution in [0.2, 0.25) is 5.02 Å². The number of carbonyl (C=O) groups is 1. The predicted octanol–water partition coefficient (Wildman–Crippen LogP) is 2.14. The largest absolute Gasteiger partial charge is 0.395 e. The number of amides is 2. The van der Waals surface area contributed by atoms with Gasteiger partial charge in [-0.05, 0) is 44.3 Å². The number of hydrogen-bond donors (Lipinski definition) is 2. The van der Waals surface area contributed by atoms with Crippen molar-refractivity contribution in [1.29, 1.82) is 0 Å². The maximum atomic E-state index is 12.3. The van der Waals surface area contributed by atoms with Gasteiger partial charge >= 0.3 is 6.03 Å². The van der Waals surface area contributed by atoms with Crippen molar-refractivity contribution in [1.82, 2.24) is 15.1 Å². The molecule has 5 nitrogen and oxygen atoms in total. The maximum absolute atomic E-state index is 12.3. The first-order valence-electron chi connectivity index (χ1n) is 7.81. The summed E-state index contributed by atoms with van der Waals surface area (Å²) < 4.78 is 0. The number of urea groups is 1. The van der Waals surface area contributed by atoms with Crippen LogP contribution >= 0.6 is 23.4 Å². The van der Waals surface area contributed by atoms with E-state index in [4.69, 9.17) is 11.6 Å². The van der Waals surface area contributed by atoms with Crippen molar-refractivity contribution in [2.45, 2.75) is 17.4 Å². The molecule has 1 unspecified atom stereocenters. The van der Waals surface area contributed by atoms with Gasteiger partial charge in [0, 0.05) is 41.3 Å². The number of hydrogen-bond acceptors (Lipinski definition) is 4. The third-order valence-electron chi connectivity index (χ3n) is 3.82. The number of likely N-dealkylation sites (tertiary alicyclic amines) is 1. The fraction of sp³-hybridized carbons (Fsp3) is 0.562. The van der Waals surface area contributed by atoms with Crippen LogP contribution in [0.3, 0.4) is 0 Å². The fourth-order valence-electron chi connectivity index (χ4n) is 2.56. The van der Waals surface area contributed by atoms with E-state index < -0.39 is 0 Å². The van der Waals surface area contributed by atoms with Crippen molar-refractivity contribution in [2.24, 2.45) is 0 Å². The van der Waals surface area contributed by atoms with Crippen LogP contribution < -0.4 is 5.32 Å². The highest BCUT2D eigenvalue weighted by atomic mass is 35.5. The number of benzene rings is 1. The summed E-state index contributed by atoms with van der Waals surface area (Å²) in [6, 6.07) is 7.78. The van der Waals surface area contributed by atoms with E-state index in [1.807, 2.05) is 24.3 Å². The molecule has 0 radical (unpaired) electrons. The zero-order valence-electron chi connectivity index (χ0n) is 13.4. The molecule has 1 fully saturated rings. The Morgan fingerprint density at radius 1 is 1.43 bits per heavy atom. The lowest BCUT2D eigenvalue weighted by molar-refractivity contribution is 0.178. The zero-order valence-corrected chi connectivity index (χ0v) is 14.9. The van der Waals surface area contributed by atoms with Gasteiger partial charge in [-0.2, -0.15) is 0 Å². The highest BCUT2D eigenvalue weighted by molar-refractivity contribution is 7.99. The Labute approximate surface area is 147 Å². The Morgan fingerprint density at radius 3 is 2.78 bits per heavy atom. The van der Waals surface area contributed by atoms with Gasteiger partial charge in [0.15, 0.2) is 0 Å². The van der Waals surface area contributed by atoms with E-state index in [1.54, 1.807) is 16.7 Å². The summed E-state index contributed by atoms with van der Waals surface area (Å²) in [5.41, 5.74) is 0. The topological polar surface area (TPSA) is 55.8 Å². The molecular weight excluding hydrogens is 334 g/mol. The first kappa shape index (κ1) is 18.4. The van der Waals surface area contributed by atoms with Crippen LogP contribution in [-0.2, 0) is 0 Å². The van der Waals surface area contributed by atoms with Gasteiger partial charge in [-0.3, -0.25) is 0 Å². The summed E-state index contributed by atoms with van der Waals surface area (Å²) in [6.45, 7) is 2.83. The van der Waals surface area contributed by atoms with E-state index in [-0.39, 0.29) is 18.7 Å². The quantitative estimate of drug-likeness (QED) is 0.734. The second-order valence-electron chi connectivity index (χ2n) is 5.71. The molecule has 0 bridgehead atoms. The molecule has 1 saturated heterocycles. The number of carbonyl (C=O) groups excluding carboxylic acids is 1. The van der Waals surface area contributed by atoms with Gasteiger partial charge in [-0.25, -0.2) is 4.79 Å². The predicted molar refractivity (Wildman–Crippen MR) is 95.3 cm³/mol. The minimum absolute atomic E-state index is 0.0242. The third-order valence-corrected chi connectivity index (χ3v) is 5.06. The van der Waals surface area contributed by atoms with Gasteiger partial charge in [0.1, 0.15) is 0 Å². The first-order chi connectivity index (χ1) is 11.1. The average Bonchev–Trinajstić information content (AvgIpc) is 2.93. The van der Waals surface area contributed by atoms with Crippen LogP contribution in [0, 0.1) is 0 Å². The van der Waals surface area contributed by atoms with Crippen LogP contribution in [0.4, 0.5) is 4.79 Å². The molecule has 0 saturated carbocycles. The summed E-state index contributed by atoms with van der Waals surface area (Å²) in [6.07, 6.45) is 0.981. The molecule has 0 aromatic heterocycles. The van der Waals surface area contributed by atoms with E-state index in [0.29, 0.717) is 13.1 Å². The first-order valence-corrected chi connectivity index (χ1v) is 9.18. The van der Waals surface area contributed by atoms with Crippen molar-refractivity contribution in [3.8, 4) is 0 Å².